The van der Waals surface area contributed by atoms with Gasteiger partial charge in [-0.15, -0.1) is 0 Å². The lowest BCUT2D eigenvalue weighted by molar-refractivity contribution is -0.127. The largest absolute Gasteiger partial charge is 0.462 e. The van der Waals surface area contributed by atoms with Crippen molar-refractivity contribution in [1.82, 2.24) is 0 Å². The summed E-state index contributed by atoms with van der Waals surface area (Å²) in [6.45, 7) is 10.3. The van der Waals surface area contributed by atoms with Gasteiger partial charge >= 0.3 is 11.9 Å². The van der Waals surface area contributed by atoms with Crippen molar-refractivity contribution >= 4 is 25.7 Å². The minimum absolute atomic E-state index is 0.186. The normalized spacial score (nSPS) is 14.9. The quantitative estimate of drug-likeness (QED) is 0.398. The van der Waals surface area contributed by atoms with Crippen molar-refractivity contribution in [3.8, 4) is 17.2 Å². The molecule has 0 spiro atoms. The SMILES string of the molecule is CC1(C)OC(=O)c2c(Oc3ccc(C(=O)OCC[Si](C)(C)C)cc3N)cccc2O1. The molecule has 0 aromatic heterocycles. The van der Waals surface area contributed by atoms with Gasteiger partial charge in [-0.2, -0.15) is 0 Å². The Hall–Kier alpha value is -3.00. The Bertz CT molecular complexity index is 980. The standard InChI is InChI=1S/C22H27NO6Si/c1-22(2)28-18-8-6-7-17(19(18)21(25)29-22)27-16-10-9-14(13-15(16)23)20(24)26-11-12-30(3,4)5/h6-10,13H,11-12,23H2,1-5H3. The van der Waals surface area contributed by atoms with E-state index in [0.29, 0.717) is 23.7 Å². The van der Waals surface area contributed by atoms with E-state index in [1.807, 2.05) is 0 Å². The van der Waals surface area contributed by atoms with Crippen molar-refractivity contribution in [2.45, 2.75) is 45.3 Å². The zero-order valence-electron chi connectivity index (χ0n) is 17.9. The number of esters is 2. The third kappa shape index (κ3) is 5.13. The van der Waals surface area contributed by atoms with Crippen LogP contribution in [0.15, 0.2) is 36.4 Å². The third-order valence-corrected chi connectivity index (χ3v) is 6.14. The molecule has 0 radical (unpaired) electrons. The Morgan fingerprint density at radius 2 is 1.83 bits per heavy atom. The van der Waals surface area contributed by atoms with Crippen molar-refractivity contribution in [2.75, 3.05) is 12.3 Å². The molecular formula is C22H27NO6Si. The van der Waals surface area contributed by atoms with Gasteiger partial charge in [0.05, 0.1) is 17.9 Å². The monoisotopic (exact) mass is 429 g/mol. The van der Waals surface area contributed by atoms with Gasteiger partial charge in [0.1, 0.15) is 22.8 Å². The van der Waals surface area contributed by atoms with Crippen molar-refractivity contribution < 1.29 is 28.5 Å². The predicted octanol–water partition coefficient (Wildman–Crippen LogP) is 4.84. The molecule has 3 rings (SSSR count). The van der Waals surface area contributed by atoms with E-state index in [-0.39, 0.29) is 17.0 Å². The predicted molar refractivity (Wildman–Crippen MR) is 116 cm³/mol. The summed E-state index contributed by atoms with van der Waals surface area (Å²) in [5, 5.41) is 0. The number of nitrogens with two attached hydrogens (primary N) is 1. The van der Waals surface area contributed by atoms with Crippen LogP contribution in [0.1, 0.15) is 34.6 Å². The molecule has 0 unspecified atom stereocenters. The first kappa shape index (κ1) is 21.7. The molecule has 1 heterocycles. The number of nitrogen functional groups attached to an aromatic ring is 1. The van der Waals surface area contributed by atoms with E-state index in [9.17, 15) is 9.59 Å². The van der Waals surface area contributed by atoms with Crippen LogP contribution in [0, 0.1) is 0 Å². The topological polar surface area (TPSA) is 97.1 Å². The van der Waals surface area contributed by atoms with E-state index < -0.39 is 25.8 Å². The summed E-state index contributed by atoms with van der Waals surface area (Å²) in [4.78, 5) is 24.7. The van der Waals surface area contributed by atoms with Gasteiger partial charge in [-0.3, -0.25) is 0 Å². The first-order valence-corrected chi connectivity index (χ1v) is 13.5. The molecule has 30 heavy (non-hydrogen) atoms. The number of carbonyl (C=O) groups excluding carboxylic acids is 2. The highest BCUT2D eigenvalue weighted by atomic mass is 28.3. The maximum Gasteiger partial charge on any atom is 0.349 e. The van der Waals surface area contributed by atoms with Crippen LogP contribution in [-0.2, 0) is 9.47 Å². The van der Waals surface area contributed by atoms with E-state index in [4.69, 9.17) is 24.7 Å². The summed E-state index contributed by atoms with van der Waals surface area (Å²) >= 11 is 0. The maximum atomic E-state index is 12.4. The van der Waals surface area contributed by atoms with Gasteiger partial charge in [-0.25, -0.2) is 9.59 Å². The smallest absolute Gasteiger partial charge is 0.349 e. The van der Waals surface area contributed by atoms with Crippen molar-refractivity contribution in [3.63, 3.8) is 0 Å². The van der Waals surface area contributed by atoms with E-state index in [1.165, 1.54) is 6.07 Å². The van der Waals surface area contributed by atoms with Crippen LogP contribution in [0.2, 0.25) is 25.7 Å². The Balaban J connectivity index is 1.76. The number of anilines is 1. The summed E-state index contributed by atoms with van der Waals surface area (Å²) in [5.74, 6) is -1.10. The average molecular weight is 430 g/mol. The number of hydrogen-bond donors (Lipinski definition) is 1. The van der Waals surface area contributed by atoms with Crippen LogP contribution in [0.4, 0.5) is 5.69 Å². The van der Waals surface area contributed by atoms with Gasteiger partial charge < -0.3 is 24.7 Å². The summed E-state index contributed by atoms with van der Waals surface area (Å²) in [7, 11) is -1.28. The lowest BCUT2D eigenvalue weighted by Gasteiger charge is -2.32. The fourth-order valence-electron chi connectivity index (χ4n) is 2.86. The second-order valence-corrected chi connectivity index (χ2v) is 14.4. The van der Waals surface area contributed by atoms with Crippen LogP contribution in [0.5, 0.6) is 17.2 Å². The number of benzene rings is 2. The number of rotatable bonds is 6. The summed E-state index contributed by atoms with van der Waals surface area (Å²) < 4.78 is 22.2. The molecule has 1 aliphatic rings. The van der Waals surface area contributed by atoms with Crippen molar-refractivity contribution in [3.05, 3.63) is 47.5 Å². The highest BCUT2D eigenvalue weighted by molar-refractivity contribution is 6.76. The van der Waals surface area contributed by atoms with Crippen LogP contribution in [0.3, 0.4) is 0 Å². The molecule has 0 fully saturated rings. The molecule has 0 aliphatic carbocycles. The molecule has 0 atom stereocenters. The second kappa shape index (κ2) is 8.02. The lowest BCUT2D eigenvalue weighted by Crippen LogP contribution is -2.38. The molecule has 8 heteroatoms. The first-order chi connectivity index (χ1) is 14.0. The molecule has 2 aromatic carbocycles. The summed E-state index contributed by atoms with van der Waals surface area (Å²) in [6.07, 6.45) is 0. The average Bonchev–Trinajstić information content (AvgIpc) is 2.61. The van der Waals surface area contributed by atoms with E-state index in [2.05, 4.69) is 19.6 Å². The second-order valence-electron chi connectivity index (χ2n) is 8.82. The Morgan fingerprint density at radius 3 is 2.50 bits per heavy atom. The summed E-state index contributed by atoms with van der Waals surface area (Å²) in [5.41, 5.74) is 6.86. The molecule has 2 aromatic rings. The Morgan fingerprint density at radius 1 is 1.10 bits per heavy atom. The molecule has 2 N–H and O–H groups in total. The van der Waals surface area contributed by atoms with Crippen LogP contribution >= 0.6 is 0 Å². The lowest BCUT2D eigenvalue weighted by atomic mass is 10.1. The minimum atomic E-state index is -1.28. The highest BCUT2D eigenvalue weighted by Gasteiger charge is 2.36. The molecule has 1 aliphatic heterocycles. The van der Waals surface area contributed by atoms with Crippen molar-refractivity contribution in [1.29, 1.82) is 0 Å². The molecule has 0 bridgehead atoms. The minimum Gasteiger partial charge on any atom is -0.462 e. The number of carbonyl (C=O) groups is 2. The summed E-state index contributed by atoms with van der Waals surface area (Å²) in [6, 6.07) is 10.6. The Kier molecular flexibility index (Phi) is 5.80. The van der Waals surface area contributed by atoms with Gasteiger partial charge in [0.2, 0.25) is 5.79 Å². The zero-order chi connectivity index (χ0) is 22.1. The van der Waals surface area contributed by atoms with Gasteiger partial charge in [-0.05, 0) is 36.4 Å². The third-order valence-electron chi connectivity index (χ3n) is 4.44. The number of hydrogen-bond acceptors (Lipinski definition) is 7. The first-order valence-electron chi connectivity index (χ1n) is 9.75. The van der Waals surface area contributed by atoms with Gasteiger partial charge in [-0.1, -0.05) is 25.7 Å². The molecule has 0 saturated carbocycles. The number of cyclic esters (lactones) is 1. The van der Waals surface area contributed by atoms with Gasteiger partial charge in [0, 0.05) is 21.9 Å². The molecule has 0 saturated heterocycles. The van der Waals surface area contributed by atoms with Crippen molar-refractivity contribution in [2.24, 2.45) is 0 Å². The van der Waals surface area contributed by atoms with Crippen LogP contribution in [-0.4, -0.2) is 32.4 Å². The fourth-order valence-corrected chi connectivity index (χ4v) is 3.58. The zero-order valence-corrected chi connectivity index (χ0v) is 18.9. The van der Waals surface area contributed by atoms with E-state index in [1.54, 1.807) is 44.2 Å². The van der Waals surface area contributed by atoms with E-state index in [0.717, 1.165) is 6.04 Å². The molecular weight excluding hydrogens is 402 g/mol. The number of ether oxygens (including phenoxy) is 4. The number of fused-ring (bicyclic) bond motifs is 1. The molecule has 0 amide bonds. The molecule has 7 nitrogen and oxygen atoms in total. The van der Waals surface area contributed by atoms with Crippen LogP contribution in [0.25, 0.3) is 0 Å². The Labute approximate surface area is 177 Å². The van der Waals surface area contributed by atoms with Gasteiger partial charge in [0.25, 0.3) is 0 Å². The maximum absolute atomic E-state index is 12.4. The van der Waals surface area contributed by atoms with E-state index >= 15 is 0 Å². The highest BCUT2D eigenvalue weighted by Crippen LogP contribution is 2.39. The van der Waals surface area contributed by atoms with Crippen LogP contribution < -0.4 is 15.2 Å². The van der Waals surface area contributed by atoms with Gasteiger partial charge in [0.15, 0.2) is 0 Å². The fraction of sp³-hybridized carbons (Fsp3) is 0.364. The molecule has 160 valence electrons.